The molecule has 6 nitrogen and oxygen atoms in total. The zero-order valence-electron chi connectivity index (χ0n) is 15.0. The van der Waals surface area contributed by atoms with Crippen molar-refractivity contribution in [2.45, 2.75) is 13.8 Å². The third-order valence-corrected chi connectivity index (χ3v) is 4.45. The zero-order chi connectivity index (χ0) is 19.0. The molecule has 0 unspecified atom stereocenters. The number of carbonyl (C=O) groups excluding carboxylic acids is 1. The highest BCUT2D eigenvalue weighted by Crippen LogP contribution is 2.20. The van der Waals surface area contributed by atoms with Crippen LogP contribution >= 0.6 is 0 Å². The van der Waals surface area contributed by atoms with E-state index in [4.69, 9.17) is 4.74 Å². The van der Waals surface area contributed by atoms with Gasteiger partial charge in [-0.3, -0.25) is 14.3 Å². The summed E-state index contributed by atoms with van der Waals surface area (Å²) in [6, 6.07) is 12.9. The first-order chi connectivity index (χ1) is 13.1. The van der Waals surface area contributed by atoms with Crippen LogP contribution in [-0.2, 0) is 4.74 Å². The largest absolute Gasteiger partial charge is 0.462 e. The van der Waals surface area contributed by atoms with Crippen LogP contribution in [0.5, 0.6) is 0 Å². The number of fused-ring (bicyclic) bond motifs is 2. The maximum atomic E-state index is 13.1. The Balaban J connectivity index is 1.98. The molecule has 6 heteroatoms. The first-order valence-electron chi connectivity index (χ1n) is 8.64. The molecular weight excluding hydrogens is 342 g/mol. The van der Waals surface area contributed by atoms with E-state index in [9.17, 15) is 9.59 Å². The smallest absolute Gasteiger partial charge is 0.339 e. The molecule has 0 fully saturated rings. The van der Waals surface area contributed by atoms with Crippen LogP contribution in [0.15, 0.2) is 59.7 Å². The fourth-order valence-electron chi connectivity index (χ4n) is 3.14. The van der Waals surface area contributed by atoms with Crippen molar-refractivity contribution in [2.24, 2.45) is 0 Å². The van der Waals surface area contributed by atoms with Gasteiger partial charge in [0.05, 0.1) is 28.8 Å². The molecule has 3 aromatic heterocycles. The van der Waals surface area contributed by atoms with E-state index in [0.29, 0.717) is 28.0 Å². The highest BCUT2D eigenvalue weighted by molar-refractivity contribution is 5.95. The Kier molecular flexibility index (Phi) is 4.16. The molecule has 0 radical (unpaired) electrons. The first-order valence-corrected chi connectivity index (χ1v) is 8.64. The van der Waals surface area contributed by atoms with Crippen molar-refractivity contribution in [1.82, 2.24) is 14.5 Å². The van der Waals surface area contributed by atoms with Crippen LogP contribution in [0.25, 0.3) is 27.5 Å². The molecule has 3 heterocycles. The summed E-state index contributed by atoms with van der Waals surface area (Å²) in [4.78, 5) is 34.1. The summed E-state index contributed by atoms with van der Waals surface area (Å²) < 4.78 is 6.55. The van der Waals surface area contributed by atoms with Gasteiger partial charge < -0.3 is 4.74 Å². The molecule has 0 aliphatic heterocycles. The monoisotopic (exact) mass is 359 g/mol. The highest BCUT2D eigenvalue weighted by Gasteiger charge is 2.16. The van der Waals surface area contributed by atoms with Gasteiger partial charge in [-0.1, -0.05) is 24.3 Å². The molecule has 0 spiro atoms. The van der Waals surface area contributed by atoms with Gasteiger partial charge in [0.2, 0.25) is 0 Å². The van der Waals surface area contributed by atoms with Crippen molar-refractivity contribution in [3.05, 3.63) is 76.5 Å². The fourth-order valence-corrected chi connectivity index (χ4v) is 3.14. The number of hydrogen-bond donors (Lipinski definition) is 0. The minimum atomic E-state index is -0.484. The summed E-state index contributed by atoms with van der Waals surface area (Å²) >= 11 is 0. The molecule has 0 N–H and O–H groups in total. The molecule has 0 saturated carbocycles. The minimum Gasteiger partial charge on any atom is -0.462 e. The van der Waals surface area contributed by atoms with Crippen LogP contribution in [0, 0.1) is 6.92 Å². The van der Waals surface area contributed by atoms with Crippen LogP contribution in [0.3, 0.4) is 0 Å². The topological polar surface area (TPSA) is 74.1 Å². The number of aryl methyl sites for hydroxylation is 1. The van der Waals surface area contributed by atoms with Crippen LogP contribution in [0.1, 0.15) is 23.0 Å². The van der Waals surface area contributed by atoms with Gasteiger partial charge in [-0.05, 0) is 37.4 Å². The zero-order valence-corrected chi connectivity index (χ0v) is 15.0. The lowest BCUT2D eigenvalue weighted by Gasteiger charge is -2.11. The lowest BCUT2D eigenvalue weighted by Crippen LogP contribution is -2.20. The van der Waals surface area contributed by atoms with Gasteiger partial charge >= 0.3 is 5.97 Å². The maximum Gasteiger partial charge on any atom is 0.339 e. The number of hydrogen-bond acceptors (Lipinski definition) is 5. The second-order valence-electron chi connectivity index (χ2n) is 6.12. The lowest BCUT2D eigenvalue weighted by molar-refractivity contribution is 0.0525. The summed E-state index contributed by atoms with van der Waals surface area (Å²) in [7, 11) is 0. The summed E-state index contributed by atoms with van der Waals surface area (Å²) in [6.45, 7) is 3.72. The molecule has 27 heavy (non-hydrogen) atoms. The fraction of sp³-hybridized carbons (Fsp3) is 0.143. The van der Waals surface area contributed by atoms with E-state index in [1.54, 1.807) is 38.4 Å². The van der Waals surface area contributed by atoms with Crippen molar-refractivity contribution in [2.75, 3.05) is 6.61 Å². The van der Waals surface area contributed by atoms with E-state index in [1.165, 1.54) is 4.57 Å². The van der Waals surface area contributed by atoms with Crippen molar-refractivity contribution in [3.8, 4) is 5.82 Å². The SMILES string of the molecule is CCOC(=O)c1cc2c(=O)n(-c3nccc4ccccc34)ccc2nc1C. The Morgan fingerprint density at radius 3 is 2.78 bits per heavy atom. The Morgan fingerprint density at radius 1 is 1.15 bits per heavy atom. The number of pyridine rings is 3. The first kappa shape index (κ1) is 16.9. The van der Waals surface area contributed by atoms with Crippen LogP contribution in [-0.4, -0.2) is 27.1 Å². The summed E-state index contributed by atoms with van der Waals surface area (Å²) in [5.74, 6) is 0.0562. The van der Waals surface area contributed by atoms with E-state index >= 15 is 0 Å². The van der Waals surface area contributed by atoms with E-state index in [1.807, 2.05) is 30.3 Å². The molecular formula is C21H17N3O3. The number of rotatable bonds is 3. The summed E-state index contributed by atoms with van der Waals surface area (Å²) in [6.07, 6.45) is 3.33. The number of carbonyl (C=O) groups is 1. The van der Waals surface area contributed by atoms with Crippen molar-refractivity contribution in [1.29, 1.82) is 0 Å². The Hall–Kier alpha value is -3.54. The summed E-state index contributed by atoms with van der Waals surface area (Å²) in [5, 5.41) is 2.21. The molecule has 0 amide bonds. The Morgan fingerprint density at radius 2 is 1.96 bits per heavy atom. The number of aromatic nitrogens is 3. The number of nitrogens with zero attached hydrogens (tertiary/aromatic N) is 3. The molecule has 0 bridgehead atoms. The lowest BCUT2D eigenvalue weighted by atomic mass is 10.1. The van der Waals surface area contributed by atoms with E-state index in [2.05, 4.69) is 9.97 Å². The average molecular weight is 359 g/mol. The standard InChI is InChI=1S/C21H17N3O3/c1-3-27-21(26)16-12-17-18(23-13(16)2)9-11-24(20(17)25)19-15-7-5-4-6-14(15)8-10-22-19/h4-12H,3H2,1-2H3. The van der Waals surface area contributed by atoms with Gasteiger partial charge in [-0.25, -0.2) is 9.78 Å². The Labute approximate surface area is 155 Å². The second-order valence-corrected chi connectivity index (χ2v) is 6.12. The predicted molar refractivity (Wildman–Crippen MR) is 103 cm³/mol. The van der Waals surface area contributed by atoms with Crippen LogP contribution in [0.4, 0.5) is 0 Å². The molecule has 0 atom stereocenters. The quantitative estimate of drug-likeness (QED) is 0.524. The van der Waals surface area contributed by atoms with Gasteiger partial charge in [-0.15, -0.1) is 0 Å². The van der Waals surface area contributed by atoms with Gasteiger partial charge in [0.15, 0.2) is 0 Å². The maximum absolute atomic E-state index is 13.1. The van der Waals surface area contributed by atoms with Crippen molar-refractivity contribution >= 4 is 27.6 Å². The summed E-state index contributed by atoms with van der Waals surface area (Å²) in [5.41, 5.74) is 1.07. The molecule has 0 aliphatic carbocycles. The van der Waals surface area contributed by atoms with E-state index in [-0.39, 0.29) is 12.2 Å². The normalized spacial score (nSPS) is 11.0. The molecule has 134 valence electrons. The number of benzene rings is 1. The van der Waals surface area contributed by atoms with Gasteiger partial charge in [0.25, 0.3) is 5.56 Å². The Bertz CT molecular complexity index is 1240. The number of esters is 1. The molecule has 4 aromatic rings. The van der Waals surface area contributed by atoms with Crippen molar-refractivity contribution < 1.29 is 9.53 Å². The molecule has 0 aliphatic rings. The number of ether oxygens (including phenoxy) is 1. The van der Waals surface area contributed by atoms with Crippen LogP contribution in [0.2, 0.25) is 0 Å². The predicted octanol–water partition coefficient (Wildman–Crippen LogP) is 3.42. The van der Waals surface area contributed by atoms with Gasteiger partial charge in [0.1, 0.15) is 5.82 Å². The minimum absolute atomic E-state index is 0.259. The average Bonchev–Trinajstić information content (AvgIpc) is 2.68. The third kappa shape index (κ3) is 2.85. The highest BCUT2D eigenvalue weighted by atomic mass is 16.5. The van der Waals surface area contributed by atoms with Gasteiger partial charge in [-0.2, -0.15) is 0 Å². The van der Waals surface area contributed by atoms with E-state index in [0.717, 1.165) is 10.8 Å². The molecule has 0 saturated heterocycles. The third-order valence-electron chi connectivity index (χ3n) is 4.45. The van der Waals surface area contributed by atoms with Crippen LogP contribution < -0.4 is 5.56 Å². The molecule has 4 rings (SSSR count). The van der Waals surface area contributed by atoms with E-state index < -0.39 is 5.97 Å². The van der Waals surface area contributed by atoms with Crippen molar-refractivity contribution in [3.63, 3.8) is 0 Å². The van der Waals surface area contributed by atoms with Gasteiger partial charge in [0, 0.05) is 17.8 Å². The second kappa shape index (κ2) is 6.64. The molecule has 1 aromatic carbocycles.